The number of aryl methyl sites for hydroxylation is 2. The quantitative estimate of drug-likeness (QED) is 0.704. The van der Waals surface area contributed by atoms with E-state index in [-0.39, 0.29) is 5.82 Å². The average Bonchev–Trinajstić information content (AvgIpc) is 2.54. The Hall–Kier alpha value is -3.15. The van der Waals surface area contributed by atoms with Gasteiger partial charge < -0.3 is 15.4 Å². The summed E-state index contributed by atoms with van der Waals surface area (Å²) in [4.78, 5) is 8.79. The Bertz CT molecular complexity index is 898. The van der Waals surface area contributed by atoms with E-state index in [0.29, 0.717) is 17.5 Å². The first kappa shape index (κ1) is 16.7. The summed E-state index contributed by atoms with van der Waals surface area (Å²) in [5.74, 6) is 1.41. The lowest BCUT2D eigenvalue weighted by Gasteiger charge is -2.13. The SMILES string of the molecule is COc1ccc(C)cc1Nc1cc(C)nc(Nc2cccc(F)c2)n1. The summed E-state index contributed by atoms with van der Waals surface area (Å²) >= 11 is 0. The van der Waals surface area contributed by atoms with Crippen molar-refractivity contribution < 1.29 is 9.13 Å². The molecule has 0 atom stereocenters. The summed E-state index contributed by atoms with van der Waals surface area (Å²) in [6.45, 7) is 3.88. The Morgan fingerprint density at radius 2 is 1.80 bits per heavy atom. The van der Waals surface area contributed by atoms with Crippen molar-refractivity contribution in [3.63, 3.8) is 0 Å². The lowest BCUT2D eigenvalue weighted by molar-refractivity contribution is 0.416. The third-order valence-electron chi connectivity index (χ3n) is 3.55. The van der Waals surface area contributed by atoms with Crippen molar-refractivity contribution in [3.05, 3.63) is 65.6 Å². The van der Waals surface area contributed by atoms with E-state index in [4.69, 9.17) is 4.74 Å². The van der Waals surface area contributed by atoms with Crippen LogP contribution in [0.2, 0.25) is 0 Å². The number of methoxy groups -OCH3 is 1. The minimum atomic E-state index is -0.319. The van der Waals surface area contributed by atoms with Crippen molar-refractivity contribution in [3.8, 4) is 5.75 Å². The molecule has 0 bridgehead atoms. The summed E-state index contributed by atoms with van der Waals surface area (Å²) in [5, 5.41) is 6.27. The highest BCUT2D eigenvalue weighted by atomic mass is 19.1. The minimum absolute atomic E-state index is 0.319. The van der Waals surface area contributed by atoms with Gasteiger partial charge in [-0.2, -0.15) is 4.98 Å². The van der Waals surface area contributed by atoms with Gasteiger partial charge in [-0.25, -0.2) is 9.37 Å². The molecule has 0 saturated heterocycles. The smallest absolute Gasteiger partial charge is 0.229 e. The number of rotatable bonds is 5. The zero-order valence-corrected chi connectivity index (χ0v) is 14.3. The summed E-state index contributed by atoms with van der Waals surface area (Å²) in [5.41, 5.74) is 3.29. The van der Waals surface area contributed by atoms with Gasteiger partial charge in [0, 0.05) is 17.4 Å². The normalized spacial score (nSPS) is 10.4. The predicted octanol–water partition coefficient (Wildman–Crippen LogP) is 4.73. The maximum atomic E-state index is 13.3. The van der Waals surface area contributed by atoms with Crippen LogP contribution in [0.1, 0.15) is 11.3 Å². The van der Waals surface area contributed by atoms with Crippen molar-refractivity contribution in [2.45, 2.75) is 13.8 Å². The minimum Gasteiger partial charge on any atom is -0.495 e. The molecule has 0 fully saturated rings. The van der Waals surface area contributed by atoms with E-state index in [1.807, 2.05) is 38.1 Å². The van der Waals surface area contributed by atoms with Crippen LogP contribution < -0.4 is 15.4 Å². The number of hydrogen-bond acceptors (Lipinski definition) is 5. The van der Waals surface area contributed by atoms with E-state index in [1.165, 1.54) is 12.1 Å². The standard InChI is InChI=1S/C19H19FN4O/c1-12-7-8-17(25-3)16(9-12)23-18-10-13(2)21-19(24-18)22-15-6-4-5-14(20)11-15/h4-11H,1-3H3,(H2,21,22,23,24). The van der Waals surface area contributed by atoms with Crippen LogP contribution >= 0.6 is 0 Å². The fourth-order valence-electron chi connectivity index (χ4n) is 2.44. The molecule has 0 aliphatic carbocycles. The molecular formula is C19H19FN4O. The Morgan fingerprint density at radius 3 is 2.56 bits per heavy atom. The number of hydrogen-bond donors (Lipinski definition) is 2. The van der Waals surface area contributed by atoms with Crippen molar-refractivity contribution in [2.75, 3.05) is 17.7 Å². The molecule has 2 N–H and O–H groups in total. The van der Waals surface area contributed by atoms with Gasteiger partial charge in [0.2, 0.25) is 5.95 Å². The van der Waals surface area contributed by atoms with Gasteiger partial charge in [-0.3, -0.25) is 0 Å². The van der Waals surface area contributed by atoms with Gasteiger partial charge in [0.25, 0.3) is 0 Å². The third-order valence-corrected chi connectivity index (χ3v) is 3.55. The molecule has 0 saturated carbocycles. The van der Waals surface area contributed by atoms with Crippen LogP contribution in [0.25, 0.3) is 0 Å². The van der Waals surface area contributed by atoms with E-state index in [9.17, 15) is 4.39 Å². The van der Waals surface area contributed by atoms with Crippen molar-refractivity contribution in [1.29, 1.82) is 0 Å². The molecule has 0 spiro atoms. The van der Waals surface area contributed by atoms with Crippen LogP contribution in [-0.4, -0.2) is 17.1 Å². The number of nitrogens with one attached hydrogen (secondary N) is 2. The molecule has 1 aromatic heterocycles. The van der Waals surface area contributed by atoms with Gasteiger partial charge in [0.15, 0.2) is 0 Å². The molecule has 3 rings (SSSR count). The molecule has 128 valence electrons. The fourth-order valence-corrected chi connectivity index (χ4v) is 2.44. The second-order valence-electron chi connectivity index (χ2n) is 5.68. The van der Waals surface area contributed by atoms with Crippen molar-refractivity contribution >= 4 is 23.1 Å². The molecule has 5 nitrogen and oxygen atoms in total. The summed E-state index contributed by atoms with van der Waals surface area (Å²) in [6.07, 6.45) is 0. The lowest BCUT2D eigenvalue weighted by atomic mass is 10.2. The average molecular weight is 338 g/mol. The predicted molar refractivity (Wildman–Crippen MR) is 97.5 cm³/mol. The maximum absolute atomic E-state index is 13.3. The summed E-state index contributed by atoms with van der Waals surface area (Å²) in [6, 6.07) is 13.9. The first-order chi connectivity index (χ1) is 12.0. The summed E-state index contributed by atoms with van der Waals surface area (Å²) in [7, 11) is 1.62. The van der Waals surface area contributed by atoms with E-state index in [2.05, 4.69) is 20.6 Å². The van der Waals surface area contributed by atoms with Crippen LogP contribution in [0.4, 0.5) is 27.5 Å². The molecule has 1 heterocycles. The fraction of sp³-hybridized carbons (Fsp3) is 0.158. The van der Waals surface area contributed by atoms with Gasteiger partial charge in [0.05, 0.1) is 12.8 Å². The van der Waals surface area contributed by atoms with Gasteiger partial charge >= 0.3 is 0 Å². The zero-order valence-electron chi connectivity index (χ0n) is 14.3. The number of halogens is 1. The Kier molecular flexibility index (Phi) is 4.79. The molecule has 0 aliphatic rings. The Morgan fingerprint density at radius 1 is 0.960 bits per heavy atom. The number of nitrogens with zero attached hydrogens (tertiary/aromatic N) is 2. The highest BCUT2D eigenvalue weighted by molar-refractivity contribution is 5.66. The molecular weight excluding hydrogens is 319 g/mol. The van der Waals surface area contributed by atoms with Crippen LogP contribution in [0, 0.1) is 19.7 Å². The van der Waals surface area contributed by atoms with Gasteiger partial charge in [-0.1, -0.05) is 12.1 Å². The number of aromatic nitrogens is 2. The molecule has 0 amide bonds. The van der Waals surface area contributed by atoms with Crippen molar-refractivity contribution in [1.82, 2.24) is 9.97 Å². The van der Waals surface area contributed by atoms with Crippen molar-refractivity contribution in [2.24, 2.45) is 0 Å². The highest BCUT2D eigenvalue weighted by Crippen LogP contribution is 2.28. The molecule has 3 aromatic rings. The third kappa shape index (κ3) is 4.23. The molecule has 0 radical (unpaired) electrons. The largest absolute Gasteiger partial charge is 0.495 e. The zero-order chi connectivity index (χ0) is 17.8. The topological polar surface area (TPSA) is 59.1 Å². The van der Waals surface area contributed by atoms with Crippen LogP contribution in [-0.2, 0) is 0 Å². The number of benzene rings is 2. The lowest BCUT2D eigenvalue weighted by Crippen LogP contribution is -2.03. The molecule has 0 aliphatic heterocycles. The van der Waals surface area contributed by atoms with Gasteiger partial charge in [-0.15, -0.1) is 0 Å². The Balaban J connectivity index is 1.88. The number of anilines is 4. The van der Waals surface area contributed by atoms with Crippen LogP contribution in [0.15, 0.2) is 48.5 Å². The maximum Gasteiger partial charge on any atom is 0.229 e. The van der Waals surface area contributed by atoms with Crippen LogP contribution in [0.3, 0.4) is 0 Å². The first-order valence-corrected chi connectivity index (χ1v) is 7.83. The van der Waals surface area contributed by atoms with Crippen LogP contribution in [0.5, 0.6) is 5.75 Å². The monoisotopic (exact) mass is 338 g/mol. The Labute approximate surface area is 145 Å². The second kappa shape index (κ2) is 7.17. The molecule has 2 aromatic carbocycles. The molecule has 0 unspecified atom stereocenters. The first-order valence-electron chi connectivity index (χ1n) is 7.83. The van der Waals surface area contributed by atoms with E-state index in [1.54, 1.807) is 19.2 Å². The highest BCUT2D eigenvalue weighted by Gasteiger charge is 2.08. The second-order valence-corrected chi connectivity index (χ2v) is 5.68. The molecule has 25 heavy (non-hydrogen) atoms. The molecule has 6 heteroatoms. The van der Waals surface area contributed by atoms with E-state index >= 15 is 0 Å². The van der Waals surface area contributed by atoms with E-state index < -0.39 is 0 Å². The van der Waals surface area contributed by atoms with Gasteiger partial charge in [-0.05, 0) is 49.7 Å². The summed E-state index contributed by atoms with van der Waals surface area (Å²) < 4.78 is 18.7. The number of ether oxygens (including phenoxy) is 1. The van der Waals surface area contributed by atoms with Gasteiger partial charge in [0.1, 0.15) is 17.4 Å². The van der Waals surface area contributed by atoms with E-state index in [0.717, 1.165) is 22.7 Å².